The minimum Gasteiger partial charge on any atom is -0.295 e. The Bertz CT molecular complexity index is 1050. The summed E-state index contributed by atoms with van der Waals surface area (Å²) in [7, 11) is 0. The van der Waals surface area contributed by atoms with Crippen LogP contribution in [0.1, 0.15) is 257 Å². The van der Waals surface area contributed by atoms with Crippen molar-refractivity contribution < 1.29 is 0 Å². The summed E-state index contributed by atoms with van der Waals surface area (Å²) in [5, 5.41) is 0. The molecule has 6 aliphatic carbocycles. The van der Waals surface area contributed by atoms with Crippen molar-refractivity contribution in [1.29, 1.82) is 0 Å². The first-order chi connectivity index (χ1) is 26.9. The smallest absolute Gasteiger partial charge is 0.156 e. The highest BCUT2D eigenvalue weighted by Crippen LogP contribution is 2.60. The van der Waals surface area contributed by atoms with Crippen LogP contribution in [-0.4, -0.2) is 52.8 Å². The topological polar surface area (TPSA) is 6.48 Å². The molecule has 10 atom stereocenters. The van der Waals surface area contributed by atoms with Gasteiger partial charge in [0.15, 0.2) is 6.71 Å². The van der Waals surface area contributed by atoms with Crippen molar-refractivity contribution in [3.05, 3.63) is 0 Å². The van der Waals surface area contributed by atoms with E-state index in [1.165, 1.54) is 180 Å². The molecule has 0 aromatic carbocycles. The number of hydrogen-bond donors (Lipinski definition) is 0. The van der Waals surface area contributed by atoms with E-state index in [0.717, 1.165) is 72.3 Å². The second-order valence-corrected chi connectivity index (χ2v) is 21.7. The average molecular weight is 743 g/mol. The van der Waals surface area contributed by atoms with Gasteiger partial charge in [0.2, 0.25) is 0 Å². The molecule has 2 heterocycles. The Kier molecular flexibility index (Phi) is 16.1. The Labute approximate surface area is 337 Å². The zero-order chi connectivity index (χ0) is 36.4. The van der Waals surface area contributed by atoms with E-state index in [4.69, 9.17) is 0 Å². The Morgan fingerprint density at radius 1 is 0.259 bits per heavy atom. The quantitative estimate of drug-likeness (QED) is 0.260. The summed E-state index contributed by atoms with van der Waals surface area (Å²) in [6.07, 6.45) is 61.4. The van der Waals surface area contributed by atoms with Crippen LogP contribution < -0.4 is 0 Å². The molecule has 0 aromatic heterocycles. The van der Waals surface area contributed by atoms with E-state index in [1.807, 2.05) is 0 Å². The molecule has 6 saturated carbocycles. The zero-order valence-corrected chi connectivity index (χ0v) is 36.1. The number of rotatable bonds is 2. The van der Waals surface area contributed by atoms with Gasteiger partial charge in [0, 0.05) is 36.3 Å². The lowest BCUT2D eigenvalue weighted by Crippen LogP contribution is -2.72. The number of nitrogens with zero attached hydrogens (tertiary/aromatic N) is 2. The number of hydrogen-bond acceptors (Lipinski definition) is 2. The summed E-state index contributed by atoms with van der Waals surface area (Å²) in [5.74, 6) is 5.14. The SMILES string of the molecule is C1CCCCC(N2C3CCCCCCCC3B3C4CCCCCCC4N(C4CCCCCCCC5CC5CC4)C4CCCCCCCCC2C34)CCCC1. The Hall–Kier alpha value is -0.0151. The molecule has 0 N–H and O–H groups in total. The van der Waals surface area contributed by atoms with Gasteiger partial charge in [-0.05, 0) is 93.5 Å². The monoisotopic (exact) mass is 743 g/mol. The highest BCUT2D eigenvalue weighted by molar-refractivity contribution is 6.65. The van der Waals surface area contributed by atoms with Gasteiger partial charge in [-0.1, -0.05) is 193 Å². The Morgan fingerprint density at radius 3 is 1.02 bits per heavy atom. The maximum absolute atomic E-state index is 3.56. The lowest BCUT2D eigenvalue weighted by Gasteiger charge is -2.66. The lowest BCUT2D eigenvalue weighted by molar-refractivity contribution is -0.0303. The van der Waals surface area contributed by atoms with Gasteiger partial charge in [-0.25, -0.2) is 0 Å². The van der Waals surface area contributed by atoms with E-state index in [2.05, 4.69) is 9.80 Å². The molecule has 2 aliphatic heterocycles. The first kappa shape index (κ1) is 40.8. The zero-order valence-electron chi connectivity index (χ0n) is 36.1. The highest BCUT2D eigenvalue weighted by Gasteiger charge is 2.61. The maximum Gasteiger partial charge on any atom is 0.156 e. The minimum absolute atomic E-state index is 0.876. The average Bonchev–Trinajstić information content (AvgIpc) is 3.91. The summed E-state index contributed by atoms with van der Waals surface area (Å²) >= 11 is 0. The van der Waals surface area contributed by atoms with Crippen molar-refractivity contribution in [2.75, 3.05) is 0 Å². The van der Waals surface area contributed by atoms with E-state index in [0.29, 0.717) is 0 Å². The molecule has 0 bridgehead atoms. The van der Waals surface area contributed by atoms with E-state index < -0.39 is 0 Å². The molecule has 0 spiro atoms. The van der Waals surface area contributed by atoms with E-state index in [-0.39, 0.29) is 0 Å². The fourth-order valence-electron chi connectivity index (χ4n) is 15.8. The van der Waals surface area contributed by atoms with Crippen molar-refractivity contribution in [2.24, 2.45) is 11.8 Å². The van der Waals surface area contributed by atoms with Gasteiger partial charge in [0.25, 0.3) is 0 Å². The van der Waals surface area contributed by atoms with Crippen LogP contribution in [0, 0.1) is 11.8 Å². The van der Waals surface area contributed by atoms with Crippen LogP contribution in [0.3, 0.4) is 0 Å². The predicted molar refractivity (Wildman–Crippen MR) is 235 cm³/mol. The van der Waals surface area contributed by atoms with Crippen LogP contribution in [0.4, 0.5) is 0 Å². The van der Waals surface area contributed by atoms with Crippen LogP contribution in [0.15, 0.2) is 0 Å². The third kappa shape index (κ3) is 10.2. The van der Waals surface area contributed by atoms with Gasteiger partial charge in [-0.15, -0.1) is 0 Å². The molecule has 8 rings (SSSR count). The summed E-state index contributed by atoms with van der Waals surface area (Å²) in [4.78, 5) is 7.10. The second kappa shape index (κ2) is 21.3. The molecule has 8 aliphatic rings. The summed E-state index contributed by atoms with van der Waals surface area (Å²) < 4.78 is 0. The van der Waals surface area contributed by atoms with Gasteiger partial charge in [0.05, 0.1) is 0 Å². The third-order valence-electron chi connectivity index (χ3n) is 18.4. The molecule has 2 nitrogen and oxygen atoms in total. The summed E-state index contributed by atoms with van der Waals surface area (Å²) in [6, 6.07) is 5.32. The molecule has 0 aromatic rings. The summed E-state index contributed by atoms with van der Waals surface area (Å²) in [6.45, 7) is 1.03. The van der Waals surface area contributed by atoms with Gasteiger partial charge < -0.3 is 0 Å². The fourth-order valence-corrected chi connectivity index (χ4v) is 15.8. The van der Waals surface area contributed by atoms with Crippen molar-refractivity contribution in [3.63, 3.8) is 0 Å². The van der Waals surface area contributed by atoms with Crippen LogP contribution in [-0.2, 0) is 0 Å². The first-order valence-corrected chi connectivity index (χ1v) is 26.4. The summed E-state index contributed by atoms with van der Waals surface area (Å²) in [5.41, 5.74) is 0. The van der Waals surface area contributed by atoms with Crippen LogP contribution >= 0.6 is 0 Å². The molecule has 0 radical (unpaired) electrons. The van der Waals surface area contributed by atoms with Gasteiger partial charge >= 0.3 is 0 Å². The molecule has 2 saturated heterocycles. The fraction of sp³-hybridized carbons (Fsp3) is 1.00. The first-order valence-electron chi connectivity index (χ1n) is 26.4. The number of fused-ring (bicyclic) bond motifs is 5. The van der Waals surface area contributed by atoms with Crippen LogP contribution in [0.25, 0.3) is 0 Å². The lowest BCUT2D eigenvalue weighted by atomic mass is 9.19. The maximum atomic E-state index is 3.56. The minimum atomic E-state index is 0.876. The van der Waals surface area contributed by atoms with E-state index >= 15 is 0 Å². The molecule has 54 heavy (non-hydrogen) atoms. The van der Waals surface area contributed by atoms with Crippen molar-refractivity contribution in [1.82, 2.24) is 9.80 Å². The van der Waals surface area contributed by atoms with E-state index in [1.54, 1.807) is 77.0 Å². The molecule has 10 unspecified atom stereocenters. The molecular formula is C51H91BN2. The normalized spacial score (nSPS) is 41.4. The standard InChI is InChI=1S/C51H91BN2/c1-2-9-19-29-43(30-20-10-3-1)53-47-34-24-15-7-12-22-32-45(47)52-46-33-23-16-17-25-35-48(46)54(50-37-27-14-5-4-13-26-36-49(53)51(50)52)44-31-21-11-6-8-18-28-41-40-42(41)38-39-44/h41-51H,1-40H2. The van der Waals surface area contributed by atoms with Crippen molar-refractivity contribution in [3.8, 4) is 0 Å². The Morgan fingerprint density at radius 2 is 0.574 bits per heavy atom. The van der Waals surface area contributed by atoms with E-state index in [9.17, 15) is 0 Å². The Balaban J connectivity index is 1.22. The van der Waals surface area contributed by atoms with Crippen LogP contribution in [0.5, 0.6) is 0 Å². The molecular weight excluding hydrogens is 651 g/mol. The van der Waals surface area contributed by atoms with Gasteiger partial charge in [-0.3, -0.25) is 9.80 Å². The third-order valence-corrected chi connectivity index (χ3v) is 18.4. The highest BCUT2D eigenvalue weighted by atomic mass is 15.3. The molecule has 3 heteroatoms. The predicted octanol–water partition coefficient (Wildman–Crippen LogP) is 15.4. The largest absolute Gasteiger partial charge is 0.295 e. The van der Waals surface area contributed by atoms with Crippen LogP contribution in [0.2, 0.25) is 17.5 Å². The van der Waals surface area contributed by atoms with Gasteiger partial charge in [-0.2, -0.15) is 0 Å². The van der Waals surface area contributed by atoms with Gasteiger partial charge in [0.1, 0.15) is 0 Å². The molecule has 0 amide bonds. The van der Waals surface area contributed by atoms with Crippen molar-refractivity contribution in [2.45, 2.75) is 311 Å². The van der Waals surface area contributed by atoms with Crippen molar-refractivity contribution >= 4 is 6.71 Å². The molecule has 8 fully saturated rings. The molecule has 308 valence electrons. The second-order valence-electron chi connectivity index (χ2n) is 21.7.